The molecule has 1 N–H and O–H groups in total. The van der Waals surface area contributed by atoms with Crippen LogP contribution in [-0.2, 0) is 6.42 Å². The molecule has 1 amide bonds. The molecular weight excluding hydrogens is 268 g/mol. The van der Waals surface area contributed by atoms with Crippen LogP contribution in [0.3, 0.4) is 0 Å². The Bertz CT molecular complexity index is 746. The van der Waals surface area contributed by atoms with Gasteiger partial charge in [0.25, 0.3) is 5.91 Å². The van der Waals surface area contributed by atoms with E-state index in [1.54, 1.807) is 16.6 Å². The van der Waals surface area contributed by atoms with Crippen LogP contribution in [0.4, 0.5) is 0 Å². The third kappa shape index (κ3) is 3.10. The van der Waals surface area contributed by atoms with Gasteiger partial charge in [-0.3, -0.25) is 4.79 Å². The first-order valence-electron chi connectivity index (χ1n) is 6.85. The summed E-state index contributed by atoms with van der Waals surface area (Å²) in [6.07, 6.45) is 6.98. The largest absolute Gasteiger partial charge is 0.459 e. The Morgan fingerprint density at radius 2 is 2.38 bits per heavy atom. The first-order valence-corrected chi connectivity index (χ1v) is 6.85. The number of rotatable bonds is 5. The van der Waals surface area contributed by atoms with Crippen LogP contribution in [0.25, 0.3) is 5.65 Å². The summed E-state index contributed by atoms with van der Waals surface area (Å²) in [5.74, 6) is 0.154. The lowest BCUT2D eigenvalue weighted by atomic mass is 10.2. The average Bonchev–Trinajstić information content (AvgIpc) is 3.11. The molecule has 0 fully saturated rings. The van der Waals surface area contributed by atoms with Crippen molar-refractivity contribution in [2.24, 2.45) is 0 Å². The van der Waals surface area contributed by atoms with Gasteiger partial charge in [0.1, 0.15) is 0 Å². The monoisotopic (exact) mass is 284 g/mol. The number of fused-ring (bicyclic) bond motifs is 1. The Hall–Kier alpha value is -2.63. The first kappa shape index (κ1) is 13.4. The Balaban J connectivity index is 1.51. The van der Waals surface area contributed by atoms with Gasteiger partial charge in [-0.25, -0.2) is 9.50 Å². The van der Waals surface area contributed by atoms with Crippen LogP contribution in [0.1, 0.15) is 28.2 Å². The van der Waals surface area contributed by atoms with E-state index in [0.29, 0.717) is 12.3 Å². The van der Waals surface area contributed by atoms with Gasteiger partial charge in [0, 0.05) is 25.0 Å². The van der Waals surface area contributed by atoms with Crippen molar-refractivity contribution in [2.75, 3.05) is 6.54 Å². The zero-order valence-corrected chi connectivity index (χ0v) is 11.7. The molecule has 108 valence electrons. The lowest BCUT2D eigenvalue weighted by Crippen LogP contribution is -2.24. The van der Waals surface area contributed by atoms with Crippen LogP contribution in [0, 0.1) is 6.92 Å². The van der Waals surface area contributed by atoms with Crippen molar-refractivity contribution < 1.29 is 9.21 Å². The van der Waals surface area contributed by atoms with E-state index in [1.165, 1.54) is 6.26 Å². The van der Waals surface area contributed by atoms with E-state index in [0.717, 1.165) is 29.7 Å². The Morgan fingerprint density at radius 3 is 3.19 bits per heavy atom. The van der Waals surface area contributed by atoms with Gasteiger partial charge in [-0.05, 0) is 37.5 Å². The van der Waals surface area contributed by atoms with E-state index < -0.39 is 0 Å². The average molecular weight is 284 g/mol. The molecule has 3 rings (SSSR count). The zero-order chi connectivity index (χ0) is 14.7. The molecular formula is C15H16N4O2. The van der Waals surface area contributed by atoms with Crippen molar-refractivity contribution in [3.63, 3.8) is 0 Å². The summed E-state index contributed by atoms with van der Waals surface area (Å²) < 4.78 is 6.81. The summed E-state index contributed by atoms with van der Waals surface area (Å²) in [6, 6.07) is 5.28. The standard InChI is InChI=1S/C15H16N4O2/c1-11-8-14-17-9-12(10-19(14)18-11)4-2-6-16-15(20)13-5-3-7-21-13/h3,5,7-10H,2,4,6H2,1H3,(H,16,20). The van der Waals surface area contributed by atoms with E-state index in [9.17, 15) is 4.79 Å². The van der Waals surface area contributed by atoms with E-state index in [1.807, 2.05) is 25.4 Å². The summed E-state index contributed by atoms with van der Waals surface area (Å²) in [6.45, 7) is 2.54. The van der Waals surface area contributed by atoms with Crippen molar-refractivity contribution in [3.05, 3.63) is 53.9 Å². The normalized spacial score (nSPS) is 10.9. The van der Waals surface area contributed by atoms with Crippen LogP contribution in [0.2, 0.25) is 0 Å². The minimum Gasteiger partial charge on any atom is -0.459 e. The SMILES string of the molecule is Cc1cc2ncc(CCCNC(=O)c3ccco3)cn2n1. The molecule has 0 atom stereocenters. The molecule has 6 heteroatoms. The van der Waals surface area contributed by atoms with Crippen molar-refractivity contribution in [3.8, 4) is 0 Å². The summed E-state index contributed by atoms with van der Waals surface area (Å²) in [7, 11) is 0. The summed E-state index contributed by atoms with van der Waals surface area (Å²) in [5, 5.41) is 7.16. The molecule has 21 heavy (non-hydrogen) atoms. The van der Waals surface area contributed by atoms with E-state index in [-0.39, 0.29) is 5.91 Å². The number of hydrogen-bond acceptors (Lipinski definition) is 4. The zero-order valence-electron chi connectivity index (χ0n) is 11.7. The van der Waals surface area contributed by atoms with Gasteiger partial charge in [0.15, 0.2) is 11.4 Å². The van der Waals surface area contributed by atoms with Gasteiger partial charge in [-0.15, -0.1) is 0 Å². The van der Waals surface area contributed by atoms with Gasteiger partial charge in [-0.2, -0.15) is 5.10 Å². The lowest BCUT2D eigenvalue weighted by Gasteiger charge is -2.04. The molecule has 6 nitrogen and oxygen atoms in total. The third-order valence-electron chi connectivity index (χ3n) is 3.16. The number of amides is 1. The Morgan fingerprint density at radius 1 is 1.48 bits per heavy atom. The molecule has 0 aliphatic rings. The number of aryl methyl sites for hydroxylation is 2. The Labute approximate surface area is 121 Å². The minimum atomic E-state index is -0.184. The fraction of sp³-hybridized carbons (Fsp3) is 0.267. The number of nitrogens with zero attached hydrogens (tertiary/aromatic N) is 3. The molecule has 0 bridgehead atoms. The molecule has 0 unspecified atom stereocenters. The van der Waals surface area contributed by atoms with Gasteiger partial charge in [0.05, 0.1) is 12.0 Å². The fourth-order valence-electron chi connectivity index (χ4n) is 2.15. The number of nitrogens with one attached hydrogen (secondary N) is 1. The van der Waals surface area contributed by atoms with Crippen molar-refractivity contribution in [2.45, 2.75) is 19.8 Å². The number of carbonyl (C=O) groups is 1. The summed E-state index contributed by atoms with van der Waals surface area (Å²) in [5.41, 5.74) is 2.89. The highest BCUT2D eigenvalue weighted by molar-refractivity contribution is 5.91. The Kier molecular flexibility index (Phi) is 3.68. The highest BCUT2D eigenvalue weighted by Gasteiger charge is 2.07. The summed E-state index contributed by atoms with van der Waals surface area (Å²) >= 11 is 0. The van der Waals surface area contributed by atoms with E-state index >= 15 is 0 Å². The van der Waals surface area contributed by atoms with Crippen molar-refractivity contribution in [1.29, 1.82) is 0 Å². The number of hydrogen-bond donors (Lipinski definition) is 1. The first-order chi connectivity index (χ1) is 10.2. The molecule has 0 radical (unpaired) electrons. The molecule has 3 aromatic rings. The van der Waals surface area contributed by atoms with E-state index in [2.05, 4.69) is 15.4 Å². The smallest absolute Gasteiger partial charge is 0.286 e. The topological polar surface area (TPSA) is 72.4 Å². The van der Waals surface area contributed by atoms with Crippen LogP contribution < -0.4 is 5.32 Å². The predicted molar refractivity (Wildman–Crippen MR) is 77.1 cm³/mol. The van der Waals surface area contributed by atoms with Crippen LogP contribution in [0.15, 0.2) is 41.3 Å². The fourth-order valence-corrected chi connectivity index (χ4v) is 2.15. The van der Waals surface area contributed by atoms with Gasteiger partial charge < -0.3 is 9.73 Å². The van der Waals surface area contributed by atoms with Gasteiger partial charge in [0.2, 0.25) is 0 Å². The highest BCUT2D eigenvalue weighted by atomic mass is 16.3. The summed E-state index contributed by atoms with van der Waals surface area (Å²) in [4.78, 5) is 16.0. The second kappa shape index (κ2) is 5.78. The van der Waals surface area contributed by atoms with Crippen molar-refractivity contribution in [1.82, 2.24) is 19.9 Å². The maximum atomic E-state index is 11.7. The number of carbonyl (C=O) groups excluding carboxylic acids is 1. The quantitative estimate of drug-likeness (QED) is 0.727. The lowest BCUT2D eigenvalue weighted by molar-refractivity contribution is 0.0925. The number of furan rings is 1. The molecule has 3 aromatic heterocycles. The maximum absolute atomic E-state index is 11.7. The third-order valence-corrected chi connectivity index (χ3v) is 3.16. The van der Waals surface area contributed by atoms with Gasteiger partial charge in [-0.1, -0.05) is 0 Å². The maximum Gasteiger partial charge on any atom is 0.286 e. The van der Waals surface area contributed by atoms with Crippen molar-refractivity contribution >= 4 is 11.6 Å². The van der Waals surface area contributed by atoms with E-state index in [4.69, 9.17) is 4.42 Å². The molecule has 0 saturated carbocycles. The molecule has 3 heterocycles. The molecule has 0 saturated heterocycles. The van der Waals surface area contributed by atoms with Crippen LogP contribution in [-0.4, -0.2) is 27.0 Å². The molecule has 0 aliphatic heterocycles. The predicted octanol–water partition coefficient (Wildman–Crippen LogP) is 1.99. The van der Waals surface area contributed by atoms with Gasteiger partial charge >= 0.3 is 0 Å². The molecule has 0 spiro atoms. The van der Waals surface area contributed by atoms with Crippen LogP contribution >= 0.6 is 0 Å². The molecule has 0 aliphatic carbocycles. The minimum absolute atomic E-state index is 0.184. The van der Waals surface area contributed by atoms with Crippen LogP contribution in [0.5, 0.6) is 0 Å². The highest BCUT2D eigenvalue weighted by Crippen LogP contribution is 2.06. The second-order valence-corrected chi connectivity index (χ2v) is 4.89. The molecule has 0 aromatic carbocycles. The number of aromatic nitrogens is 3. The second-order valence-electron chi connectivity index (χ2n) is 4.89.